The number of hydrogen-bond donors (Lipinski definition) is 3. The number of rotatable bonds is 7. The average Bonchev–Trinajstić information content (AvgIpc) is 3.14. The van der Waals surface area contributed by atoms with Gasteiger partial charge in [0.1, 0.15) is 11.9 Å². The van der Waals surface area contributed by atoms with Gasteiger partial charge in [-0.25, -0.2) is 22.7 Å². The van der Waals surface area contributed by atoms with Gasteiger partial charge in [-0.1, -0.05) is 24.6 Å². The van der Waals surface area contributed by atoms with Crippen LogP contribution in [-0.4, -0.2) is 23.7 Å². The summed E-state index contributed by atoms with van der Waals surface area (Å²) in [5, 5.41) is 15.7. The number of benzene rings is 2. The van der Waals surface area contributed by atoms with Crippen molar-refractivity contribution in [1.29, 1.82) is 0 Å². The van der Waals surface area contributed by atoms with Crippen molar-refractivity contribution in [2.45, 2.75) is 44.2 Å². The Hall–Kier alpha value is -2.53. The van der Waals surface area contributed by atoms with E-state index in [1.54, 1.807) is 26.8 Å². The zero-order valence-electron chi connectivity index (χ0n) is 16.9. The number of aromatic amines is 1. The minimum Gasteiger partial charge on any atom is -0.392 e. The van der Waals surface area contributed by atoms with E-state index in [1.807, 2.05) is 0 Å². The van der Waals surface area contributed by atoms with E-state index in [0.717, 1.165) is 5.56 Å². The molecule has 1 aromatic heterocycles. The second kappa shape index (κ2) is 8.91. The van der Waals surface area contributed by atoms with Gasteiger partial charge >= 0.3 is 5.76 Å². The largest absolute Gasteiger partial charge is 0.434 e. The Labute approximate surface area is 183 Å². The Morgan fingerprint density at radius 1 is 1.29 bits per heavy atom. The van der Waals surface area contributed by atoms with Crippen LogP contribution < -0.4 is 10.5 Å². The van der Waals surface area contributed by atoms with Crippen LogP contribution in [-0.2, 0) is 16.6 Å². The van der Waals surface area contributed by atoms with Crippen molar-refractivity contribution in [2.75, 3.05) is 0 Å². The van der Waals surface area contributed by atoms with E-state index in [4.69, 9.17) is 16.0 Å². The molecular weight excluding hydrogens is 449 g/mol. The molecule has 166 valence electrons. The monoisotopic (exact) mass is 469 g/mol. The van der Waals surface area contributed by atoms with E-state index in [-0.39, 0.29) is 26.9 Å². The SMILES string of the molecule is Cc1ccc(F)c(C(C)[C@H](NS(=O)(=O)c2ccc(Cl)cc2CO)c2n[nH]c(=O)o2)c1C. The van der Waals surface area contributed by atoms with E-state index in [9.17, 15) is 22.7 Å². The number of H-pyrrole nitrogens is 1. The van der Waals surface area contributed by atoms with Crippen LogP contribution >= 0.6 is 11.6 Å². The van der Waals surface area contributed by atoms with E-state index in [2.05, 4.69) is 14.9 Å². The van der Waals surface area contributed by atoms with Gasteiger partial charge in [0.25, 0.3) is 0 Å². The number of halogens is 2. The molecule has 3 N–H and O–H groups in total. The molecule has 8 nitrogen and oxygen atoms in total. The van der Waals surface area contributed by atoms with Crippen LogP contribution in [0.15, 0.2) is 44.4 Å². The molecule has 0 aliphatic carbocycles. The number of hydrogen-bond acceptors (Lipinski definition) is 6. The first-order valence-corrected chi connectivity index (χ1v) is 11.1. The summed E-state index contributed by atoms with van der Waals surface area (Å²) >= 11 is 5.90. The summed E-state index contributed by atoms with van der Waals surface area (Å²) in [5.74, 6) is -2.46. The second-order valence-corrected chi connectivity index (χ2v) is 9.27. The smallest absolute Gasteiger partial charge is 0.392 e. The molecule has 11 heteroatoms. The fourth-order valence-corrected chi connectivity index (χ4v) is 5.11. The zero-order valence-corrected chi connectivity index (χ0v) is 18.5. The summed E-state index contributed by atoms with van der Waals surface area (Å²) in [6.45, 7) is 4.56. The Balaban J connectivity index is 2.12. The van der Waals surface area contributed by atoms with Gasteiger partial charge in [0, 0.05) is 10.9 Å². The van der Waals surface area contributed by atoms with Crippen molar-refractivity contribution in [2.24, 2.45) is 0 Å². The average molecular weight is 470 g/mol. The molecule has 0 aliphatic rings. The first kappa shape index (κ1) is 23.1. The minimum atomic E-state index is -4.25. The molecule has 0 bridgehead atoms. The van der Waals surface area contributed by atoms with Crippen LogP contribution in [0.5, 0.6) is 0 Å². The molecular formula is C20H21ClFN3O5S. The summed E-state index contributed by atoms with van der Waals surface area (Å²) < 4.78 is 48.5. The highest BCUT2D eigenvalue weighted by Gasteiger charge is 2.34. The fraction of sp³-hybridized carbons (Fsp3) is 0.300. The van der Waals surface area contributed by atoms with Crippen molar-refractivity contribution in [3.63, 3.8) is 0 Å². The zero-order chi connectivity index (χ0) is 22.9. The van der Waals surface area contributed by atoms with Gasteiger partial charge in [-0.3, -0.25) is 0 Å². The van der Waals surface area contributed by atoms with Crippen molar-refractivity contribution >= 4 is 21.6 Å². The molecule has 31 heavy (non-hydrogen) atoms. The predicted molar refractivity (Wildman–Crippen MR) is 112 cm³/mol. The van der Waals surface area contributed by atoms with Crippen molar-refractivity contribution < 1.29 is 22.3 Å². The normalized spacial score (nSPS) is 13.9. The highest BCUT2D eigenvalue weighted by atomic mass is 35.5. The van der Waals surface area contributed by atoms with Crippen LogP contribution in [0.3, 0.4) is 0 Å². The quantitative estimate of drug-likeness (QED) is 0.488. The predicted octanol–water partition coefficient (Wildman–Crippen LogP) is 3.09. The summed E-state index contributed by atoms with van der Waals surface area (Å²) in [4.78, 5) is 11.3. The number of sulfonamides is 1. The number of aliphatic hydroxyl groups excluding tert-OH is 1. The minimum absolute atomic E-state index is 0.0767. The van der Waals surface area contributed by atoms with E-state index >= 15 is 0 Å². The molecule has 0 amide bonds. The lowest BCUT2D eigenvalue weighted by Crippen LogP contribution is -2.33. The third-order valence-electron chi connectivity index (χ3n) is 5.17. The molecule has 1 unspecified atom stereocenters. The van der Waals surface area contributed by atoms with Gasteiger partial charge in [-0.2, -0.15) is 4.72 Å². The molecule has 2 aromatic carbocycles. The molecule has 0 saturated heterocycles. The summed E-state index contributed by atoms with van der Waals surface area (Å²) in [6, 6.07) is 5.64. The molecule has 0 radical (unpaired) electrons. The van der Waals surface area contributed by atoms with Gasteiger partial charge in [-0.05, 0) is 60.4 Å². The highest BCUT2D eigenvalue weighted by Crippen LogP contribution is 2.35. The molecule has 3 rings (SSSR count). The first-order chi connectivity index (χ1) is 14.5. The Morgan fingerprint density at radius 3 is 2.61 bits per heavy atom. The second-order valence-electron chi connectivity index (χ2n) is 7.15. The van der Waals surface area contributed by atoms with Crippen molar-refractivity contribution in [3.8, 4) is 0 Å². The maximum Gasteiger partial charge on any atom is 0.434 e. The van der Waals surface area contributed by atoms with Crippen LogP contribution in [0, 0.1) is 19.7 Å². The molecule has 2 atom stereocenters. The number of nitrogens with one attached hydrogen (secondary N) is 2. The maximum atomic E-state index is 14.7. The third-order valence-corrected chi connectivity index (χ3v) is 6.95. The van der Waals surface area contributed by atoms with Gasteiger partial charge in [-0.15, -0.1) is 5.10 Å². The maximum absolute atomic E-state index is 14.7. The summed E-state index contributed by atoms with van der Waals surface area (Å²) in [7, 11) is -4.25. The lowest BCUT2D eigenvalue weighted by molar-refractivity contribution is 0.278. The van der Waals surface area contributed by atoms with Crippen LogP contribution in [0.1, 0.15) is 47.0 Å². The molecule has 0 spiro atoms. The highest BCUT2D eigenvalue weighted by molar-refractivity contribution is 7.89. The lowest BCUT2D eigenvalue weighted by Gasteiger charge is -2.25. The molecule has 0 saturated carbocycles. The summed E-state index contributed by atoms with van der Waals surface area (Å²) in [6.07, 6.45) is 0. The molecule has 0 fully saturated rings. The Morgan fingerprint density at radius 2 is 2.00 bits per heavy atom. The first-order valence-electron chi connectivity index (χ1n) is 9.27. The van der Waals surface area contributed by atoms with E-state index < -0.39 is 40.2 Å². The van der Waals surface area contributed by atoms with Gasteiger partial charge in [0.2, 0.25) is 15.9 Å². The molecule has 1 heterocycles. The Kier molecular flexibility index (Phi) is 6.65. The third kappa shape index (κ3) is 4.72. The lowest BCUT2D eigenvalue weighted by atomic mass is 9.88. The van der Waals surface area contributed by atoms with E-state index in [0.29, 0.717) is 5.56 Å². The van der Waals surface area contributed by atoms with Gasteiger partial charge in [0.05, 0.1) is 11.5 Å². The number of aryl methyl sites for hydroxylation is 1. The van der Waals surface area contributed by atoms with Crippen LogP contribution in [0.2, 0.25) is 5.02 Å². The number of aromatic nitrogens is 2. The number of aliphatic hydroxyl groups is 1. The van der Waals surface area contributed by atoms with Crippen LogP contribution in [0.25, 0.3) is 0 Å². The molecule has 3 aromatic rings. The topological polar surface area (TPSA) is 125 Å². The van der Waals surface area contributed by atoms with Crippen molar-refractivity contribution in [1.82, 2.24) is 14.9 Å². The Bertz CT molecular complexity index is 1270. The van der Waals surface area contributed by atoms with Gasteiger partial charge in [0.15, 0.2) is 0 Å². The summed E-state index contributed by atoms with van der Waals surface area (Å²) in [5.41, 5.74) is 1.79. The van der Waals surface area contributed by atoms with Crippen LogP contribution in [0.4, 0.5) is 4.39 Å². The van der Waals surface area contributed by atoms with Crippen molar-refractivity contribution in [3.05, 3.63) is 79.9 Å². The van der Waals surface area contributed by atoms with E-state index in [1.165, 1.54) is 24.3 Å². The fourth-order valence-electron chi connectivity index (χ4n) is 3.44. The van der Waals surface area contributed by atoms with Gasteiger partial charge < -0.3 is 9.52 Å². The standard InChI is InChI=1S/C20H21ClFN3O5S/c1-10-4-6-15(22)17(11(10)2)12(3)18(19-23-24-20(27)30-19)25-31(28,29)16-7-5-14(21)8-13(16)9-26/h4-8,12,18,25-26H,9H2,1-3H3,(H,24,27)/t12?,18-/m0/s1. The number of nitrogens with zero attached hydrogens (tertiary/aromatic N) is 1. The molecule has 0 aliphatic heterocycles.